The second kappa shape index (κ2) is 9.32. The van der Waals surface area contributed by atoms with Crippen molar-refractivity contribution in [3.05, 3.63) is 0 Å². The van der Waals surface area contributed by atoms with Crippen molar-refractivity contribution in [2.24, 2.45) is 5.73 Å². The van der Waals surface area contributed by atoms with Crippen molar-refractivity contribution in [2.45, 2.75) is 71.9 Å². The molecule has 0 aliphatic carbocycles. The first kappa shape index (κ1) is 18.4. The average Bonchev–Trinajstić information content (AvgIpc) is 2.37. The minimum absolute atomic E-state index is 0.0497. The molecular weight excluding hydrogens is 238 g/mol. The van der Waals surface area contributed by atoms with Crippen molar-refractivity contribution in [1.29, 1.82) is 0 Å². The summed E-state index contributed by atoms with van der Waals surface area (Å²) in [4.78, 5) is 14.2. The van der Waals surface area contributed by atoms with Gasteiger partial charge in [-0.2, -0.15) is 0 Å². The standard InChI is InChI=1S/C15H33N3O/c1-6-10-18(15(7-2,8-3)12-16)11-9-14(19)17-13(4)5/h13H,6-12,16H2,1-5H3,(H,17,19). The number of nitrogens with one attached hydrogen (secondary N) is 1. The molecule has 0 aromatic carbocycles. The van der Waals surface area contributed by atoms with E-state index in [4.69, 9.17) is 5.73 Å². The monoisotopic (exact) mass is 271 g/mol. The molecule has 0 rings (SSSR count). The first-order chi connectivity index (χ1) is 8.95. The van der Waals surface area contributed by atoms with Gasteiger partial charge < -0.3 is 11.1 Å². The largest absolute Gasteiger partial charge is 0.354 e. The second-order valence-corrected chi connectivity index (χ2v) is 5.59. The van der Waals surface area contributed by atoms with Gasteiger partial charge in [0.15, 0.2) is 0 Å². The Balaban J connectivity index is 4.59. The zero-order valence-electron chi connectivity index (χ0n) is 13.5. The molecule has 0 radical (unpaired) electrons. The Bertz CT molecular complexity index is 242. The van der Waals surface area contributed by atoms with Gasteiger partial charge in [-0.05, 0) is 39.7 Å². The van der Waals surface area contributed by atoms with Crippen LogP contribution in [0, 0.1) is 0 Å². The lowest BCUT2D eigenvalue weighted by Crippen LogP contribution is -2.54. The summed E-state index contributed by atoms with van der Waals surface area (Å²) in [5.41, 5.74) is 6.05. The van der Waals surface area contributed by atoms with Gasteiger partial charge in [-0.25, -0.2) is 0 Å². The maximum Gasteiger partial charge on any atom is 0.221 e. The van der Waals surface area contributed by atoms with Gasteiger partial charge in [0.1, 0.15) is 0 Å². The number of amides is 1. The lowest BCUT2D eigenvalue weighted by molar-refractivity contribution is -0.122. The summed E-state index contributed by atoms with van der Waals surface area (Å²) in [5.74, 6) is 0.134. The van der Waals surface area contributed by atoms with Crippen LogP contribution < -0.4 is 11.1 Å². The van der Waals surface area contributed by atoms with Gasteiger partial charge in [0.25, 0.3) is 0 Å². The molecule has 4 nitrogen and oxygen atoms in total. The molecule has 0 heterocycles. The van der Waals surface area contributed by atoms with Crippen molar-refractivity contribution in [3.63, 3.8) is 0 Å². The highest BCUT2D eigenvalue weighted by Crippen LogP contribution is 2.23. The molecule has 0 spiro atoms. The molecule has 0 bridgehead atoms. The molecule has 3 N–H and O–H groups in total. The van der Waals surface area contributed by atoms with Gasteiger partial charge >= 0.3 is 0 Å². The van der Waals surface area contributed by atoms with Gasteiger partial charge in [-0.15, -0.1) is 0 Å². The van der Waals surface area contributed by atoms with Crippen LogP contribution in [-0.2, 0) is 4.79 Å². The van der Waals surface area contributed by atoms with Gasteiger partial charge in [0, 0.05) is 31.1 Å². The summed E-state index contributed by atoms with van der Waals surface area (Å²) >= 11 is 0. The zero-order chi connectivity index (χ0) is 14.9. The molecule has 19 heavy (non-hydrogen) atoms. The minimum atomic E-state index is 0.0497. The molecule has 0 atom stereocenters. The van der Waals surface area contributed by atoms with E-state index in [2.05, 4.69) is 31.0 Å². The summed E-state index contributed by atoms with van der Waals surface area (Å²) in [6.45, 7) is 13.0. The number of hydrogen-bond acceptors (Lipinski definition) is 3. The first-order valence-electron chi connectivity index (χ1n) is 7.70. The Labute approximate surface area is 119 Å². The smallest absolute Gasteiger partial charge is 0.221 e. The summed E-state index contributed by atoms with van der Waals surface area (Å²) in [5, 5.41) is 2.95. The third kappa shape index (κ3) is 5.91. The molecule has 0 aromatic rings. The van der Waals surface area contributed by atoms with Crippen LogP contribution in [0.1, 0.15) is 60.3 Å². The maximum absolute atomic E-state index is 11.8. The second-order valence-electron chi connectivity index (χ2n) is 5.59. The summed E-state index contributed by atoms with van der Waals surface area (Å²) in [7, 11) is 0. The van der Waals surface area contributed by atoms with Crippen LogP contribution in [-0.4, -0.2) is 42.0 Å². The fourth-order valence-electron chi connectivity index (χ4n) is 2.60. The molecular formula is C15H33N3O. The number of nitrogens with zero attached hydrogens (tertiary/aromatic N) is 1. The summed E-state index contributed by atoms with van der Waals surface area (Å²) in [6.07, 6.45) is 3.71. The number of carbonyl (C=O) groups excluding carboxylic acids is 1. The summed E-state index contributed by atoms with van der Waals surface area (Å²) < 4.78 is 0. The molecule has 0 aromatic heterocycles. The molecule has 1 amide bonds. The highest BCUT2D eigenvalue weighted by Gasteiger charge is 2.31. The normalized spacial score (nSPS) is 12.2. The van der Waals surface area contributed by atoms with Crippen molar-refractivity contribution in [3.8, 4) is 0 Å². The molecule has 0 aliphatic heterocycles. The Morgan fingerprint density at radius 1 is 1.21 bits per heavy atom. The predicted molar refractivity (Wildman–Crippen MR) is 82.1 cm³/mol. The molecule has 0 aliphatic rings. The topological polar surface area (TPSA) is 58.4 Å². The van der Waals surface area contributed by atoms with E-state index in [1.165, 1.54) is 0 Å². The number of rotatable bonds is 10. The van der Waals surface area contributed by atoms with E-state index in [0.717, 1.165) is 32.4 Å². The zero-order valence-corrected chi connectivity index (χ0v) is 13.5. The van der Waals surface area contributed by atoms with E-state index >= 15 is 0 Å². The van der Waals surface area contributed by atoms with Crippen LogP contribution in [0.5, 0.6) is 0 Å². The Morgan fingerprint density at radius 3 is 2.16 bits per heavy atom. The van der Waals surface area contributed by atoms with Crippen LogP contribution in [0.15, 0.2) is 0 Å². The average molecular weight is 271 g/mol. The van der Waals surface area contributed by atoms with E-state index in [1.54, 1.807) is 0 Å². The third-order valence-corrected chi connectivity index (χ3v) is 3.92. The van der Waals surface area contributed by atoms with E-state index in [1.807, 2.05) is 13.8 Å². The first-order valence-corrected chi connectivity index (χ1v) is 7.70. The van der Waals surface area contributed by atoms with Gasteiger partial charge in [0.05, 0.1) is 0 Å². The van der Waals surface area contributed by atoms with Gasteiger partial charge in [0.2, 0.25) is 5.91 Å². The molecule has 0 unspecified atom stereocenters. The van der Waals surface area contributed by atoms with E-state index < -0.39 is 0 Å². The third-order valence-electron chi connectivity index (χ3n) is 3.92. The van der Waals surface area contributed by atoms with Crippen LogP contribution in [0.25, 0.3) is 0 Å². The van der Waals surface area contributed by atoms with Gasteiger partial charge in [-0.3, -0.25) is 9.69 Å². The van der Waals surface area contributed by atoms with Crippen molar-refractivity contribution in [1.82, 2.24) is 10.2 Å². The van der Waals surface area contributed by atoms with E-state index in [-0.39, 0.29) is 17.5 Å². The predicted octanol–water partition coefficient (Wildman–Crippen LogP) is 2.13. The van der Waals surface area contributed by atoms with Crippen LogP contribution in [0.3, 0.4) is 0 Å². The van der Waals surface area contributed by atoms with Crippen molar-refractivity contribution >= 4 is 5.91 Å². The molecule has 114 valence electrons. The SMILES string of the molecule is CCCN(CCC(=O)NC(C)C)C(CC)(CC)CN. The van der Waals surface area contributed by atoms with E-state index in [0.29, 0.717) is 13.0 Å². The van der Waals surface area contributed by atoms with E-state index in [9.17, 15) is 4.79 Å². The summed E-state index contributed by atoms with van der Waals surface area (Å²) in [6, 6.07) is 0.212. The Morgan fingerprint density at radius 2 is 1.79 bits per heavy atom. The van der Waals surface area contributed by atoms with Crippen molar-refractivity contribution in [2.75, 3.05) is 19.6 Å². The van der Waals surface area contributed by atoms with Crippen LogP contribution >= 0.6 is 0 Å². The maximum atomic E-state index is 11.8. The minimum Gasteiger partial charge on any atom is -0.354 e. The Kier molecular flexibility index (Phi) is 9.02. The fraction of sp³-hybridized carbons (Fsp3) is 0.933. The fourth-order valence-corrected chi connectivity index (χ4v) is 2.60. The highest BCUT2D eigenvalue weighted by atomic mass is 16.1. The molecule has 0 saturated heterocycles. The molecule has 0 saturated carbocycles. The molecule has 0 fully saturated rings. The number of nitrogens with two attached hydrogens (primary N) is 1. The van der Waals surface area contributed by atoms with Gasteiger partial charge in [-0.1, -0.05) is 20.8 Å². The number of hydrogen-bond donors (Lipinski definition) is 2. The lowest BCUT2D eigenvalue weighted by atomic mass is 9.90. The lowest BCUT2D eigenvalue weighted by Gasteiger charge is -2.42. The quantitative estimate of drug-likeness (QED) is 0.640. The molecule has 4 heteroatoms. The number of carbonyl (C=O) groups is 1. The Hall–Kier alpha value is -0.610. The van der Waals surface area contributed by atoms with Crippen molar-refractivity contribution < 1.29 is 4.79 Å². The highest BCUT2D eigenvalue weighted by molar-refractivity contribution is 5.76. The van der Waals surface area contributed by atoms with Crippen LogP contribution in [0.2, 0.25) is 0 Å². The van der Waals surface area contributed by atoms with Crippen LogP contribution in [0.4, 0.5) is 0 Å².